The number of nitrogens with zero attached hydrogens (tertiary/aromatic N) is 6. The first kappa shape index (κ1) is 26.4. The number of carbonyl (C=O) groups is 3. The van der Waals surface area contributed by atoms with Gasteiger partial charge in [0.05, 0.1) is 24.6 Å². The lowest BCUT2D eigenvalue weighted by Crippen LogP contribution is -2.51. The highest BCUT2D eigenvalue weighted by molar-refractivity contribution is 5.91. The summed E-state index contributed by atoms with van der Waals surface area (Å²) in [5, 5.41) is 11.8. The van der Waals surface area contributed by atoms with Crippen molar-refractivity contribution in [2.45, 2.75) is 63.5 Å². The lowest BCUT2D eigenvalue weighted by molar-refractivity contribution is -0.159. The van der Waals surface area contributed by atoms with Crippen LogP contribution >= 0.6 is 0 Å². The van der Waals surface area contributed by atoms with Gasteiger partial charge in [0, 0.05) is 31.9 Å². The molecule has 0 radical (unpaired) electrons. The molecule has 1 aromatic heterocycles. The number of rotatable bonds is 11. The van der Waals surface area contributed by atoms with E-state index in [1.165, 1.54) is 5.01 Å². The summed E-state index contributed by atoms with van der Waals surface area (Å²) < 4.78 is 0. The highest BCUT2D eigenvalue weighted by Gasteiger charge is 2.39. The van der Waals surface area contributed by atoms with E-state index in [0.29, 0.717) is 54.5 Å². The van der Waals surface area contributed by atoms with E-state index in [4.69, 9.17) is 0 Å². The largest absolute Gasteiger partial charge is 0.339 e. The molecule has 2 saturated heterocycles. The van der Waals surface area contributed by atoms with Crippen molar-refractivity contribution < 1.29 is 19.6 Å². The van der Waals surface area contributed by atoms with Crippen molar-refractivity contribution in [3.8, 4) is 0 Å². The van der Waals surface area contributed by atoms with Crippen molar-refractivity contribution in [2.75, 3.05) is 45.2 Å². The van der Waals surface area contributed by atoms with Gasteiger partial charge in [0.15, 0.2) is 5.78 Å². The van der Waals surface area contributed by atoms with Gasteiger partial charge in [-0.1, -0.05) is 25.7 Å². The number of hydrogen-bond acceptors (Lipinski definition) is 9. The third kappa shape index (κ3) is 6.37. The van der Waals surface area contributed by atoms with Gasteiger partial charge in [0.25, 0.3) is 0 Å². The van der Waals surface area contributed by atoms with Crippen LogP contribution in [0.2, 0.25) is 0 Å². The summed E-state index contributed by atoms with van der Waals surface area (Å²) in [5.41, 5.74) is 3.71. The van der Waals surface area contributed by atoms with Gasteiger partial charge in [-0.05, 0) is 45.3 Å². The Hall–Kier alpha value is -2.63. The predicted molar refractivity (Wildman–Crippen MR) is 133 cm³/mol. The molecule has 4 rings (SSSR count). The molecule has 36 heavy (non-hydrogen) atoms. The Labute approximate surface area is 212 Å². The van der Waals surface area contributed by atoms with E-state index in [2.05, 4.69) is 39.3 Å². The van der Waals surface area contributed by atoms with Crippen molar-refractivity contribution >= 4 is 24.0 Å². The molecule has 198 valence electrons. The fourth-order valence-electron chi connectivity index (χ4n) is 5.74. The van der Waals surface area contributed by atoms with Crippen molar-refractivity contribution in [3.05, 3.63) is 18.0 Å². The predicted octanol–water partition coefficient (Wildman–Crippen LogP) is 0.878. The van der Waals surface area contributed by atoms with Crippen molar-refractivity contribution in [1.82, 2.24) is 30.4 Å². The Morgan fingerprint density at radius 3 is 2.72 bits per heavy atom. The van der Waals surface area contributed by atoms with Gasteiger partial charge in [-0.3, -0.25) is 24.6 Å². The maximum Gasteiger partial charge on any atom is 0.242 e. The molecule has 2 N–H and O–H groups in total. The number of carbonyl (C=O) groups excluding carboxylic acids is 3. The average Bonchev–Trinajstić information content (AvgIpc) is 3.65. The summed E-state index contributed by atoms with van der Waals surface area (Å²) in [4.78, 5) is 51.3. The van der Waals surface area contributed by atoms with Crippen molar-refractivity contribution in [2.24, 2.45) is 11.8 Å². The molecule has 0 aromatic carbocycles. The fraction of sp³-hybridized carbons (Fsp3) is 0.720. The number of hydrogen-bond donors (Lipinski definition) is 2. The Balaban J connectivity index is 1.41. The van der Waals surface area contributed by atoms with Gasteiger partial charge in [-0.25, -0.2) is 20.5 Å². The van der Waals surface area contributed by atoms with E-state index in [0.717, 1.165) is 45.2 Å². The first-order valence-corrected chi connectivity index (χ1v) is 13.1. The van der Waals surface area contributed by atoms with Gasteiger partial charge in [0.1, 0.15) is 6.04 Å². The van der Waals surface area contributed by atoms with Crippen LogP contribution in [-0.2, 0) is 20.8 Å². The summed E-state index contributed by atoms with van der Waals surface area (Å²) in [5.74, 6) is 0.147. The Morgan fingerprint density at radius 2 is 2.03 bits per heavy atom. The van der Waals surface area contributed by atoms with Crippen LogP contribution in [0, 0.1) is 11.8 Å². The zero-order valence-corrected chi connectivity index (χ0v) is 21.4. The molecule has 11 nitrogen and oxygen atoms in total. The SMILES string of the molecule is CN(C)[C@H]1CCN(c2nccc(CC(=O)[C@@H]3CCNN3C(=O)[C@H](CC3CCCC3)CN(O)C=O)n2)C1. The molecule has 3 fully saturated rings. The Kier molecular flexibility index (Phi) is 8.86. The zero-order chi connectivity index (χ0) is 25.7. The first-order chi connectivity index (χ1) is 17.4. The molecule has 1 aromatic rings. The lowest BCUT2D eigenvalue weighted by Gasteiger charge is -2.30. The number of nitrogens with one attached hydrogen (secondary N) is 1. The molecule has 0 bridgehead atoms. The van der Waals surface area contributed by atoms with E-state index in [1.54, 1.807) is 12.3 Å². The number of ketones is 1. The van der Waals surface area contributed by atoms with Crippen molar-refractivity contribution in [1.29, 1.82) is 0 Å². The summed E-state index contributed by atoms with van der Waals surface area (Å²) >= 11 is 0. The van der Waals surface area contributed by atoms with Crippen molar-refractivity contribution in [3.63, 3.8) is 0 Å². The topological polar surface area (TPSA) is 122 Å². The summed E-state index contributed by atoms with van der Waals surface area (Å²) in [6.07, 6.45) is 8.67. The molecular formula is C25H39N7O4. The van der Waals surface area contributed by atoms with Gasteiger partial charge in [0.2, 0.25) is 18.3 Å². The number of Topliss-reactive ketones (excluding diaryl/α,β-unsaturated/α-hetero) is 1. The minimum Gasteiger partial charge on any atom is -0.339 e. The van der Waals surface area contributed by atoms with Crippen LogP contribution in [0.1, 0.15) is 50.6 Å². The molecule has 1 aliphatic carbocycles. The molecule has 11 heteroatoms. The fourth-order valence-corrected chi connectivity index (χ4v) is 5.74. The van der Waals surface area contributed by atoms with Crippen LogP contribution in [0.25, 0.3) is 0 Å². The Bertz CT molecular complexity index is 923. The highest BCUT2D eigenvalue weighted by atomic mass is 16.5. The third-order valence-corrected chi connectivity index (χ3v) is 7.82. The Morgan fingerprint density at radius 1 is 1.25 bits per heavy atom. The molecular weight excluding hydrogens is 462 g/mol. The number of amides is 2. The third-order valence-electron chi connectivity index (χ3n) is 7.82. The maximum absolute atomic E-state index is 13.5. The van der Waals surface area contributed by atoms with Crippen LogP contribution in [0.15, 0.2) is 12.3 Å². The van der Waals surface area contributed by atoms with E-state index in [-0.39, 0.29) is 24.7 Å². The monoisotopic (exact) mass is 501 g/mol. The van der Waals surface area contributed by atoms with Crippen LogP contribution in [0.3, 0.4) is 0 Å². The first-order valence-electron chi connectivity index (χ1n) is 13.1. The smallest absolute Gasteiger partial charge is 0.242 e. The molecule has 1 saturated carbocycles. The van der Waals surface area contributed by atoms with Crippen LogP contribution in [0.4, 0.5) is 5.95 Å². The molecule has 2 amide bonds. The second-order valence-electron chi connectivity index (χ2n) is 10.6. The minimum absolute atomic E-state index is 0.0724. The lowest BCUT2D eigenvalue weighted by atomic mass is 9.91. The van der Waals surface area contributed by atoms with E-state index in [1.807, 2.05) is 0 Å². The number of hydroxylamine groups is 2. The van der Waals surface area contributed by atoms with Gasteiger partial charge in [-0.15, -0.1) is 0 Å². The average molecular weight is 502 g/mol. The van der Waals surface area contributed by atoms with E-state index in [9.17, 15) is 19.6 Å². The summed E-state index contributed by atoms with van der Waals surface area (Å²) in [6.45, 7) is 2.17. The second kappa shape index (κ2) is 12.1. The molecule has 0 spiro atoms. The molecule has 2 aliphatic heterocycles. The quantitative estimate of drug-likeness (QED) is 0.258. The molecule has 3 atom stereocenters. The molecule has 0 unspecified atom stereocenters. The van der Waals surface area contributed by atoms with Gasteiger partial charge >= 0.3 is 0 Å². The second-order valence-corrected chi connectivity index (χ2v) is 10.6. The maximum atomic E-state index is 13.5. The highest BCUT2D eigenvalue weighted by Crippen LogP contribution is 2.32. The van der Waals surface area contributed by atoms with Crippen LogP contribution in [-0.4, -0.2) is 101 Å². The van der Waals surface area contributed by atoms with Crippen LogP contribution < -0.4 is 10.3 Å². The summed E-state index contributed by atoms with van der Waals surface area (Å²) in [6, 6.07) is 1.61. The standard InChI is InChI=1S/C25H39N7O4/c1-29(2)21-9-12-30(16-21)25-26-10-7-20(28-25)14-23(34)22-8-11-27-32(22)24(35)19(15-31(36)17-33)13-18-5-3-4-6-18/h7,10,17-19,21-22,27,36H,3-6,8-9,11-16H2,1-2H3/t19-,21+,22+/m1/s1. The normalized spacial score (nSPS) is 23.4. The number of likely N-dealkylation sites (N-methyl/N-ethyl adjacent to an activating group) is 1. The summed E-state index contributed by atoms with van der Waals surface area (Å²) in [7, 11) is 4.14. The molecule has 3 heterocycles. The van der Waals surface area contributed by atoms with E-state index >= 15 is 0 Å². The van der Waals surface area contributed by atoms with Crippen LogP contribution in [0.5, 0.6) is 0 Å². The minimum atomic E-state index is -0.602. The van der Waals surface area contributed by atoms with Gasteiger partial charge in [-0.2, -0.15) is 0 Å². The van der Waals surface area contributed by atoms with Gasteiger partial charge < -0.3 is 9.80 Å². The zero-order valence-electron chi connectivity index (χ0n) is 21.4. The number of aromatic nitrogens is 2. The molecule has 3 aliphatic rings. The number of anilines is 1. The number of hydrazine groups is 1. The van der Waals surface area contributed by atoms with E-state index < -0.39 is 12.0 Å².